The Morgan fingerprint density at radius 2 is 2.13 bits per heavy atom. The number of aromatic nitrogens is 2. The van der Waals surface area contributed by atoms with Gasteiger partial charge in [-0.3, -0.25) is 0 Å². The van der Waals surface area contributed by atoms with Crippen LogP contribution in [0.2, 0.25) is 5.15 Å². The zero-order valence-electron chi connectivity index (χ0n) is 8.06. The maximum absolute atomic E-state index is 13.5. The van der Waals surface area contributed by atoms with E-state index in [0.29, 0.717) is 23.6 Å². The molecule has 82 valence electrons. The molecule has 1 aromatic rings. The van der Waals surface area contributed by atoms with Crippen LogP contribution >= 0.6 is 23.4 Å². The number of hydrogen-bond acceptors (Lipinski definition) is 3. The number of alkyl halides is 2. The first-order valence-electron chi connectivity index (χ1n) is 4.53. The molecule has 1 aliphatic carbocycles. The Hall–Kier alpha value is -0.420. The number of nitrogens with zero attached hydrogens (tertiary/aromatic N) is 2. The van der Waals surface area contributed by atoms with Gasteiger partial charge < -0.3 is 0 Å². The first-order chi connectivity index (χ1) is 7.04. The summed E-state index contributed by atoms with van der Waals surface area (Å²) in [6, 6.07) is 0. The molecular weight excluding hydrogens is 242 g/mol. The second kappa shape index (κ2) is 3.87. The largest absolute Gasteiger partial charge is 0.290 e. The van der Waals surface area contributed by atoms with Crippen molar-refractivity contribution in [3.05, 3.63) is 16.4 Å². The molecule has 6 heteroatoms. The molecule has 15 heavy (non-hydrogen) atoms. The minimum absolute atomic E-state index is 0.152. The third-order valence-corrected chi connectivity index (χ3v) is 3.24. The molecule has 0 aliphatic heterocycles. The quantitative estimate of drug-likeness (QED) is 0.435. The summed E-state index contributed by atoms with van der Waals surface area (Å²) >= 11 is 7.07. The zero-order valence-corrected chi connectivity index (χ0v) is 9.63. The van der Waals surface area contributed by atoms with Gasteiger partial charge in [0.1, 0.15) is 10.8 Å². The van der Waals surface area contributed by atoms with Crippen LogP contribution in [-0.4, -0.2) is 16.2 Å². The van der Waals surface area contributed by atoms with Gasteiger partial charge in [0, 0.05) is 12.0 Å². The predicted octanol–water partition coefficient (Wildman–Crippen LogP) is 3.28. The van der Waals surface area contributed by atoms with E-state index in [-0.39, 0.29) is 17.3 Å². The van der Waals surface area contributed by atoms with Crippen molar-refractivity contribution in [2.45, 2.75) is 30.3 Å². The number of halogens is 3. The maximum Gasteiger partial charge on any atom is 0.290 e. The average molecular weight is 251 g/mol. The molecule has 2 rings (SSSR count). The standard InChI is InChI=1S/C9H9ClF2N2S/c1-15-8-13-6-5(7(10)14-8)3-2-4-9(6,11)12/h2-4H2,1H3. The summed E-state index contributed by atoms with van der Waals surface area (Å²) in [7, 11) is 0. The Labute approximate surface area is 95.4 Å². The van der Waals surface area contributed by atoms with Crippen LogP contribution in [0.3, 0.4) is 0 Å². The number of hydrogen-bond donors (Lipinski definition) is 0. The van der Waals surface area contributed by atoms with E-state index in [1.165, 1.54) is 11.8 Å². The SMILES string of the molecule is CSc1nc(Cl)c2c(n1)C(F)(F)CCC2. The second-order valence-electron chi connectivity index (χ2n) is 3.39. The van der Waals surface area contributed by atoms with E-state index in [1.807, 2.05) is 0 Å². The molecule has 0 unspecified atom stereocenters. The lowest BCUT2D eigenvalue weighted by Crippen LogP contribution is -2.24. The lowest BCUT2D eigenvalue weighted by Gasteiger charge is -2.24. The van der Waals surface area contributed by atoms with E-state index in [1.54, 1.807) is 6.26 Å². The van der Waals surface area contributed by atoms with Gasteiger partial charge in [-0.05, 0) is 19.1 Å². The minimum atomic E-state index is -2.86. The molecule has 0 bridgehead atoms. The van der Waals surface area contributed by atoms with Gasteiger partial charge in [0.05, 0.1) is 0 Å². The van der Waals surface area contributed by atoms with Crippen LogP contribution in [0, 0.1) is 0 Å². The van der Waals surface area contributed by atoms with Crippen molar-refractivity contribution in [1.82, 2.24) is 9.97 Å². The van der Waals surface area contributed by atoms with Crippen molar-refractivity contribution in [2.75, 3.05) is 6.26 Å². The average Bonchev–Trinajstić information content (AvgIpc) is 2.18. The van der Waals surface area contributed by atoms with Gasteiger partial charge >= 0.3 is 0 Å². The highest BCUT2D eigenvalue weighted by Crippen LogP contribution is 2.41. The molecule has 0 N–H and O–H groups in total. The van der Waals surface area contributed by atoms with Crippen LogP contribution in [0.4, 0.5) is 8.78 Å². The normalized spacial score (nSPS) is 18.7. The highest BCUT2D eigenvalue weighted by Gasteiger charge is 2.39. The van der Waals surface area contributed by atoms with Gasteiger partial charge in [-0.1, -0.05) is 23.4 Å². The highest BCUT2D eigenvalue weighted by molar-refractivity contribution is 7.98. The molecule has 0 saturated heterocycles. The van der Waals surface area contributed by atoms with Crippen molar-refractivity contribution in [3.8, 4) is 0 Å². The van der Waals surface area contributed by atoms with E-state index >= 15 is 0 Å². The van der Waals surface area contributed by atoms with Crippen LogP contribution in [0.5, 0.6) is 0 Å². The van der Waals surface area contributed by atoms with Crippen LogP contribution in [0.1, 0.15) is 24.1 Å². The molecule has 1 heterocycles. The van der Waals surface area contributed by atoms with Crippen molar-refractivity contribution in [3.63, 3.8) is 0 Å². The Morgan fingerprint density at radius 1 is 1.40 bits per heavy atom. The third kappa shape index (κ3) is 1.95. The van der Waals surface area contributed by atoms with Gasteiger partial charge in [0.15, 0.2) is 5.16 Å². The second-order valence-corrected chi connectivity index (χ2v) is 4.52. The maximum atomic E-state index is 13.5. The van der Waals surface area contributed by atoms with Gasteiger partial charge in [0.25, 0.3) is 5.92 Å². The number of fused-ring (bicyclic) bond motifs is 1. The molecule has 0 saturated carbocycles. The van der Waals surface area contributed by atoms with Crippen LogP contribution in [-0.2, 0) is 12.3 Å². The van der Waals surface area contributed by atoms with Crippen LogP contribution in [0.25, 0.3) is 0 Å². The van der Waals surface area contributed by atoms with E-state index in [2.05, 4.69) is 9.97 Å². The topological polar surface area (TPSA) is 25.8 Å². The molecule has 1 aromatic heterocycles. The van der Waals surface area contributed by atoms with Gasteiger partial charge in [-0.25, -0.2) is 9.97 Å². The highest BCUT2D eigenvalue weighted by atomic mass is 35.5. The summed E-state index contributed by atoms with van der Waals surface area (Å²) in [5.74, 6) is -2.86. The van der Waals surface area contributed by atoms with Gasteiger partial charge in [0.2, 0.25) is 0 Å². The Bertz CT molecular complexity index is 398. The molecule has 0 spiro atoms. The number of rotatable bonds is 1. The molecule has 1 aliphatic rings. The van der Waals surface area contributed by atoms with Gasteiger partial charge in [-0.15, -0.1) is 0 Å². The summed E-state index contributed by atoms with van der Waals surface area (Å²) in [6.07, 6.45) is 2.56. The Kier molecular flexibility index (Phi) is 2.85. The third-order valence-electron chi connectivity index (χ3n) is 2.38. The fourth-order valence-electron chi connectivity index (χ4n) is 1.66. The number of thioether (sulfide) groups is 1. The summed E-state index contributed by atoms with van der Waals surface area (Å²) in [5, 5.41) is 0.476. The van der Waals surface area contributed by atoms with E-state index in [4.69, 9.17) is 11.6 Å². The molecule has 0 fully saturated rings. The molecule has 2 nitrogen and oxygen atoms in total. The van der Waals surface area contributed by atoms with Crippen LogP contribution < -0.4 is 0 Å². The zero-order chi connectivity index (χ0) is 11.1. The molecule has 0 atom stereocenters. The molecule has 0 aromatic carbocycles. The summed E-state index contributed by atoms with van der Waals surface area (Å²) < 4.78 is 27.1. The predicted molar refractivity (Wildman–Crippen MR) is 55.7 cm³/mol. The van der Waals surface area contributed by atoms with Crippen molar-refractivity contribution in [1.29, 1.82) is 0 Å². The first-order valence-corrected chi connectivity index (χ1v) is 6.13. The summed E-state index contributed by atoms with van der Waals surface area (Å²) in [6.45, 7) is 0. The van der Waals surface area contributed by atoms with Crippen molar-refractivity contribution >= 4 is 23.4 Å². The monoisotopic (exact) mass is 250 g/mol. The molecule has 0 amide bonds. The Balaban J connectivity index is 2.59. The fourth-order valence-corrected chi connectivity index (χ4v) is 2.34. The Morgan fingerprint density at radius 3 is 2.80 bits per heavy atom. The van der Waals surface area contributed by atoms with E-state index in [9.17, 15) is 8.78 Å². The molecular formula is C9H9ClF2N2S. The van der Waals surface area contributed by atoms with E-state index in [0.717, 1.165) is 0 Å². The lowest BCUT2D eigenvalue weighted by molar-refractivity contribution is -0.0271. The van der Waals surface area contributed by atoms with Crippen molar-refractivity contribution in [2.24, 2.45) is 0 Å². The van der Waals surface area contributed by atoms with Gasteiger partial charge in [-0.2, -0.15) is 8.78 Å². The van der Waals surface area contributed by atoms with Crippen molar-refractivity contribution < 1.29 is 8.78 Å². The lowest BCUT2D eigenvalue weighted by atomic mass is 9.94. The first kappa shape index (κ1) is 11.1. The fraction of sp³-hybridized carbons (Fsp3) is 0.556. The smallest absolute Gasteiger partial charge is 0.221 e. The summed E-state index contributed by atoms with van der Waals surface area (Å²) in [5.41, 5.74) is 0.226. The summed E-state index contributed by atoms with van der Waals surface area (Å²) in [4.78, 5) is 7.82. The van der Waals surface area contributed by atoms with E-state index < -0.39 is 5.92 Å². The van der Waals surface area contributed by atoms with Crippen LogP contribution in [0.15, 0.2) is 5.16 Å². The molecule has 0 radical (unpaired) electrons. The minimum Gasteiger partial charge on any atom is -0.221 e.